The summed E-state index contributed by atoms with van der Waals surface area (Å²) in [6, 6.07) is 9.58. The molecule has 23 heavy (non-hydrogen) atoms. The van der Waals surface area contributed by atoms with Crippen LogP contribution in [0.5, 0.6) is 0 Å². The topological polar surface area (TPSA) is 59.0 Å². The Labute approximate surface area is 138 Å². The van der Waals surface area contributed by atoms with Crippen LogP contribution in [0.2, 0.25) is 0 Å². The molecule has 0 aliphatic rings. The third-order valence-electron chi connectivity index (χ3n) is 3.67. The maximum atomic E-state index is 11.9. The van der Waals surface area contributed by atoms with Crippen molar-refractivity contribution in [1.29, 1.82) is 0 Å². The minimum absolute atomic E-state index is 0.160. The minimum Gasteiger partial charge on any atom is -0.338 e. The van der Waals surface area contributed by atoms with Crippen LogP contribution in [0.1, 0.15) is 44.0 Å². The van der Waals surface area contributed by atoms with Gasteiger partial charge in [0.2, 0.25) is 0 Å². The number of hydrogen-bond acceptors (Lipinski definition) is 2. The van der Waals surface area contributed by atoms with Crippen LogP contribution >= 0.6 is 0 Å². The molecule has 1 aromatic heterocycles. The molecule has 0 atom stereocenters. The highest BCUT2D eigenvalue weighted by Gasteiger charge is 2.06. The fourth-order valence-corrected chi connectivity index (χ4v) is 2.53. The van der Waals surface area contributed by atoms with Crippen LogP contribution in [-0.2, 0) is 0 Å². The summed E-state index contributed by atoms with van der Waals surface area (Å²) in [7, 11) is 0. The van der Waals surface area contributed by atoms with Gasteiger partial charge in [-0.3, -0.25) is 0 Å². The lowest BCUT2D eigenvalue weighted by atomic mass is 10.2. The Balaban J connectivity index is 1.92. The molecule has 5 heteroatoms. The highest BCUT2D eigenvalue weighted by atomic mass is 16.2. The van der Waals surface area contributed by atoms with Gasteiger partial charge in [0.1, 0.15) is 0 Å². The van der Waals surface area contributed by atoms with Crippen molar-refractivity contribution in [2.45, 2.75) is 46.5 Å². The molecule has 2 rings (SSSR count). The van der Waals surface area contributed by atoms with Crippen LogP contribution in [0, 0.1) is 13.8 Å². The molecule has 0 saturated heterocycles. The third-order valence-corrected chi connectivity index (χ3v) is 3.67. The summed E-state index contributed by atoms with van der Waals surface area (Å²) >= 11 is 0. The normalized spacial score (nSPS) is 10.6. The highest BCUT2D eigenvalue weighted by molar-refractivity contribution is 5.89. The molecule has 124 valence electrons. The van der Waals surface area contributed by atoms with Gasteiger partial charge < -0.3 is 10.6 Å². The van der Waals surface area contributed by atoms with E-state index in [1.54, 1.807) is 0 Å². The molecule has 2 N–H and O–H groups in total. The Morgan fingerprint density at radius 2 is 2.00 bits per heavy atom. The third kappa shape index (κ3) is 5.13. The molecular formula is C18H26N4O. The summed E-state index contributed by atoms with van der Waals surface area (Å²) in [5.74, 6) is 0. The zero-order valence-electron chi connectivity index (χ0n) is 14.2. The molecule has 5 nitrogen and oxygen atoms in total. The fraction of sp³-hybridized carbons (Fsp3) is 0.444. The molecule has 0 bridgehead atoms. The second kappa shape index (κ2) is 8.36. The van der Waals surface area contributed by atoms with Crippen molar-refractivity contribution in [1.82, 2.24) is 15.1 Å². The van der Waals surface area contributed by atoms with Gasteiger partial charge in [-0.15, -0.1) is 0 Å². The van der Waals surface area contributed by atoms with Gasteiger partial charge in [-0.25, -0.2) is 9.48 Å². The van der Waals surface area contributed by atoms with Gasteiger partial charge in [0.05, 0.1) is 11.4 Å². The lowest BCUT2D eigenvalue weighted by molar-refractivity contribution is 0.252. The van der Waals surface area contributed by atoms with E-state index in [4.69, 9.17) is 0 Å². The number of amides is 2. The van der Waals surface area contributed by atoms with E-state index in [1.807, 2.05) is 48.9 Å². The Hall–Kier alpha value is -2.30. The van der Waals surface area contributed by atoms with Crippen molar-refractivity contribution in [3.63, 3.8) is 0 Å². The number of anilines is 1. The van der Waals surface area contributed by atoms with Crippen molar-refractivity contribution in [3.8, 4) is 5.69 Å². The van der Waals surface area contributed by atoms with Crippen LogP contribution in [0.25, 0.3) is 5.69 Å². The number of aryl methyl sites for hydroxylation is 2. The first-order valence-electron chi connectivity index (χ1n) is 8.28. The first-order chi connectivity index (χ1) is 11.1. The summed E-state index contributed by atoms with van der Waals surface area (Å²) in [6.07, 6.45) is 4.59. The number of benzene rings is 1. The number of unbranched alkanes of at least 4 members (excludes halogenated alkanes) is 3. The van der Waals surface area contributed by atoms with Gasteiger partial charge >= 0.3 is 6.03 Å². The van der Waals surface area contributed by atoms with Gasteiger partial charge in [-0.05, 0) is 44.5 Å². The van der Waals surface area contributed by atoms with Crippen LogP contribution in [0.3, 0.4) is 0 Å². The van der Waals surface area contributed by atoms with Crippen LogP contribution < -0.4 is 10.6 Å². The number of nitrogens with one attached hydrogen (secondary N) is 2. The van der Waals surface area contributed by atoms with Crippen LogP contribution in [-0.4, -0.2) is 22.4 Å². The van der Waals surface area contributed by atoms with E-state index in [2.05, 4.69) is 22.7 Å². The molecule has 0 unspecified atom stereocenters. The van der Waals surface area contributed by atoms with E-state index in [0.29, 0.717) is 6.54 Å². The smallest absolute Gasteiger partial charge is 0.319 e. The Kier molecular flexibility index (Phi) is 6.20. The van der Waals surface area contributed by atoms with Crippen molar-refractivity contribution in [2.75, 3.05) is 11.9 Å². The molecular weight excluding hydrogens is 288 g/mol. The zero-order chi connectivity index (χ0) is 16.7. The SMILES string of the molecule is CCCCCCNC(=O)Nc1cccc(-n2nc(C)cc2C)c1. The first kappa shape index (κ1) is 17.1. The number of nitrogens with zero attached hydrogens (tertiary/aromatic N) is 2. The molecule has 0 aliphatic heterocycles. The molecule has 0 radical (unpaired) electrons. The molecule has 2 aromatic rings. The maximum absolute atomic E-state index is 11.9. The van der Waals surface area contributed by atoms with Gasteiger partial charge in [-0.2, -0.15) is 5.10 Å². The van der Waals surface area contributed by atoms with Crippen molar-refractivity contribution < 1.29 is 4.79 Å². The van der Waals surface area contributed by atoms with E-state index in [-0.39, 0.29) is 6.03 Å². The average Bonchev–Trinajstić information content (AvgIpc) is 2.86. The predicted molar refractivity (Wildman–Crippen MR) is 94.2 cm³/mol. The summed E-state index contributed by atoms with van der Waals surface area (Å²) < 4.78 is 1.88. The van der Waals surface area contributed by atoms with E-state index >= 15 is 0 Å². The van der Waals surface area contributed by atoms with E-state index in [1.165, 1.54) is 12.8 Å². The molecule has 0 fully saturated rings. The molecule has 2 amide bonds. The molecule has 0 saturated carbocycles. The summed E-state index contributed by atoms with van der Waals surface area (Å²) in [5.41, 5.74) is 3.75. The number of carbonyl (C=O) groups excluding carboxylic acids is 1. The fourth-order valence-electron chi connectivity index (χ4n) is 2.53. The Morgan fingerprint density at radius 1 is 1.17 bits per heavy atom. The van der Waals surface area contributed by atoms with E-state index in [9.17, 15) is 4.79 Å². The van der Waals surface area contributed by atoms with Gasteiger partial charge in [0.15, 0.2) is 0 Å². The van der Waals surface area contributed by atoms with Crippen molar-refractivity contribution >= 4 is 11.7 Å². The molecule has 0 aliphatic carbocycles. The van der Waals surface area contributed by atoms with Crippen molar-refractivity contribution in [3.05, 3.63) is 41.7 Å². The predicted octanol–water partition coefficient (Wildman–Crippen LogP) is 4.19. The average molecular weight is 314 g/mol. The molecule has 1 aromatic carbocycles. The Bertz CT molecular complexity index is 648. The van der Waals surface area contributed by atoms with E-state index < -0.39 is 0 Å². The summed E-state index contributed by atoms with van der Waals surface area (Å²) in [6.45, 7) is 6.87. The van der Waals surface area contributed by atoms with Gasteiger partial charge in [0.25, 0.3) is 0 Å². The second-order valence-corrected chi connectivity index (χ2v) is 5.83. The molecule has 1 heterocycles. The number of urea groups is 1. The van der Waals surface area contributed by atoms with Crippen LogP contribution in [0.4, 0.5) is 10.5 Å². The van der Waals surface area contributed by atoms with Gasteiger partial charge in [0, 0.05) is 17.9 Å². The lowest BCUT2D eigenvalue weighted by Crippen LogP contribution is -2.29. The number of hydrogen-bond donors (Lipinski definition) is 2. The second-order valence-electron chi connectivity index (χ2n) is 5.83. The van der Waals surface area contributed by atoms with Crippen LogP contribution in [0.15, 0.2) is 30.3 Å². The maximum Gasteiger partial charge on any atom is 0.319 e. The summed E-state index contributed by atoms with van der Waals surface area (Å²) in [4.78, 5) is 11.9. The van der Waals surface area contributed by atoms with Gasteiger partial charge in [-0.1, -0.05) is 32.3 Å². The standard InChI is InChI=1S/C18H26N4O/c1-4-5-6-7-11-19-18(23)20-16-9-8-10-17(13-16)22-15(3)12-14(2)21-22/h8-10,12-13H,4-7,11H2,1-3H3,(H2,19,20,23). The monoisotopic (exact) mass is 314 g/mol. The minimum atomic E-state index is -0.160. The largest absolute Gasteiger partial charge is 0.338 e. The Morgan fingerprint density at radius 3 is 2.70 bits per heavy atom. The summed E-state index contributed by atoms with van der Waals surface area (Å²) in [5, 5.41) is 10.2. The quantitative estimate of drug-likeness (QED) is 0.753. The van der Waals surface area contributed by atoms with E-state index in [0.717, 1.165) is 35.6 Å². The lowest BCUT2D eigenvalue weighted by Gasteiger charge is -2.10. The number of carbonyl (C=O) groups is 1. The zero-order valence-corrected chi connectivity index (χ0v) is 14.2. The highest BCUT2D eigenvalue weighted by Crippen LogP contribution is 2.16. The number of aromatic nitrogens is 2. The molecule has 0 spiro atoms. The number of rotatable bonds is 7. The first-order valence-corrected chi connectivity index (χ1v) is 8.28. The van der Waals surface area contributed by atoms with Crippen molar-refractivity contribution in [2.24, 2.45) is 0 Å².